The molecule has 0 amide bonds. The number of hydrogen-bond donors (Lipinski definition) is 1. The van der Waals surface area contributed by atoms with E-state index in [0.29, 0.717) is 6.54 Å². The van der Waals surface area contributed by atoms with E-state index in [0.717, 1.165) is 18.6 Å². The predicted octanol–water partition coefficient (Wildman–Crippen LogP) is 2.96. The third-order valence-electron chi connectivity index (χ3n) is 2.88. The van der Waals surface area contributed by atoms with Gasteiger partial charge in [0.25, 0.3) is 15.6 Å². The van der Waals surface area contributed by atoms with Crippen molar-refractivity contribution in [2.24, 2.45) is 0 Å². The molecule has 2 aromatic rings. The Kier molecular flexibility index (Phi) is 5.02. The Bertz CT molecular complexity index is 849. The van der Waals surface area contributed by atoms with Crippen molar-refractivity contribution in [3.63, 3.8) is 0 Å². The van der Waals surface area contributed by atoms with Gasteiger partial charge in [0.05, 0.1) is 5.69 Å². The summed E-state index contributed by atoms with van der Waals surface area (Å²) in [6.07, 6.45) is 2.19. The average molecular weight is 389 g/mol. The fraction of sp³-hybridized carbons (Fsp3) is 0.214. The highest BCUT2D eigenvalue weighted by Crippen LogP contribution is 2.24. The predicted molar refractivity (Wildman–Crippen MR) is 85.9 cm³/mol. The number of benzene rings is 1. The van der Waals surface area contributed by atoms with Crippen molar-refractivity contribution in [1.29, 1.82) is 0 Å². The van der Waals surface area contributed by atoms with Gasteiger partial charge in [-0.25, -0.2) is 12.8 Å². The third-order valence-corrected chi connectivity index (χ3v) is 5.24. The summed E-state index contributed by atoms with van der Waals surface area (Å²) in [6, 6.07) is 6.00. The Morgan fingerprint density at radius 3 is 2.64 bits per heavy atom. The molecule has 22 heavy (non-hydrogen) atoms. The van der Waals surface area contributed by atoms with Crippen LogP contribution in [-0.2, 0) is 16.6 Å². The summed E-state index contributed by atoms with van der Waals surface area (Å²) in [6.45, 7) is 2.41. The number of nitrogens with zero attached hydrogens (tertiary/aromatic N) is 1. The minimum atomic E-state index is -3.88. The lowest BCUT2D eigenvalue weighted by atomic mass is 10.3. The van der Waals surface area contributed by atoms with Crippen LogP contribution >= 0.6 is 15.9 Å². The zero-order valence-corrected chi connectivity index (χ0v) is 14.1. The lowest BCUT2D eigenvalue weighted by molar-refractivity contribution is 0.598. The lowest BCUT2D eigenvalue weighted by Gasteiger charge is -2.11. The second kappa shape index (κ2) is 6.62. The van der Waals surface area contributed by atoms with Crippen LogP contribution in [0, 0.1) is 5.82 Å². The summed E-state index contributed by atoms with van der Waals surface area (Å²) >= 11 is 3.03. The highest BCUT2D eigenvalue weighted by molar-refractivity contribution is 9.10. The van der Waals surface area contributed by atoms with Crippen molar-refractivity contribution in [3.8, 4) is 0 Å². The van der Waals surface area contributed by atoms with E-state index in [4.69, 9.17) is 0 Å². The van der Waals surface area contributed by atoms with Gasteiger partial charge in [-0.15, -0.1) is 0 Å². The number of nitrogens with one attached hydrogen (secondary N) is 1. The summed E-state index contributed by atoms with van der Waals surface area (Å²) in [5.74, 6) is -0.540. The first-order valence-corrected chi connectivity index (χ1v) is 8.79. The molecule has 0 fully saturated rings. The van der Waals surface area contributed by atoms with E-state index in [-0.39, 0.29) is 20.6 Å². The summed E-state index contributed by atoms with van der Waals surface area (Å²) in [4.78, 5) is 11.5. The Morgan fingerprint density at radius 1 is 1.27 bits per heavy atom. The van der Waals surface area contributed by atoms with E-state index < -0.39 is 15.8 Å². The molecule has 0 unspecified atom stereocenters. The molecule has 0 aliphatic carbocycles. The maximum absolute atomic E-state index is 13.1. The second-order valence-electron chi connectivity index (χ2n) is 4.63. The molecule has 118 valence electrons. The second-order valence-corrected chi connectivity index (χ2v) is 7.13. The Morgan fingerprint density at radius 2 is 2.00 bits per heavy atom. The number of hydrogen-bond acceptors (Lipinski definition) is 3. The van der Waals surface area contributed by atoms with Gasteiger partial charge in [-0.1, -0.05) is 6.92 Å². The van der Waals surface area contributed by atoms with Crippen molar-refractivity contribution in [1.82, 2.24) is 4.57 Å². The number of halogens is 2. The number of aryl methyl sites for hydroxylation is 1. The van der Waals surface area contributed by atoms with Gasteiger partial charge >= 0.3 is 0 Å². The molecule has 5 nitrogen and oxygen atoms in total. The van der Waals surface area contributed by atoms with Crippen molar-refractivity contribution in [2.45, 2.75) is 24.8 Å². The largest absolute Gasteiger partial charge is 0.313 e. The number of sulfonamides is 1. The molecule has 8 heteroatoms. The molecule has 1 aromatic heterocycles. The first kappa shape index (κ1) is 16.7. The van der Waals surface area contributed by atoms with Crippen LogP contribution in [0.1, 0.15) is 13.3 Å². The van der Waals surface area contributed by atoms with Crippen LogP contribution in [0.3, 0.4) is 0 Å². The topological polar surface area (TPSA) is 68.2 Å². The van der Waals surface area contributed by atoms with Crippen LogP contribution in [0.4, 0.5) is 10.1 Å². The average Bonchev–Trinajstić information content (AvgIpc) is 2.42. The summed E-state index contributed by atoms with van der Waals surface area (Å²) < 4.78 is 41.7. The molecule has 0 aliphatic rings. The Labute approximate surface area is 136 Å². The standard InChI is InChI=1S/C14H14BrFN2O3S/c1-2-7-18-9-11(4-6-14(18)19)17-22(20,21)13-5-3-10(16)8-12(13)15/h3-6,8-9,17H,2,7H2,1H3. The van der Waals surface area contributed by atoms with Crippen LogP contribution in [0.5, 0.6) is 0 Å². The van der Waals surface area contributed by atoms with E-state index >= 15 is 0 Å². The molecule has 0 saturated carbocycles. The van der Waals surface area contributed by atoms with Crippen molar-refractivity contribution < 1.29 is 12.8 Å². The number of aromatic nitrogens is 1. The number of rotatable bonds is 5. The minimum Gasteiger partial charge on any atom is -0.313 e. The molecule has 0 saturated heterocycles. The van der Waals surface area contributed by atoms with Crippen LogP contribution in [-0.4, -0.2) is 13.0 Å². The number of anilines is 1. The van der Waals surface area contributed by atoms with Crippen molar-refractivity contribution in [3.05, 3.63) is 57.2 Å². The van der Waals surface area contributed by atoms with Crippen LogP contribution in [0.15, 0.2) is 50.7 Å². The van der Waals surface area contributed by atoms with Crippen LogP contribution in [0.25, 0.3) is 0 Å². The minimum absolute atomic E-state index is 0.0814. The van der Waals surface area contributed by atoms with E-state index in [1.807, 2.05) is 6.92 Å². The third kappa shape index (κ3) is 3.75. The molecule has 1 N–H and O–H groups in total. The highest BCUT2D eigenvalue weighted by Gasteiger charge is 2.18. The van der Waals surface area contributed by atoms with Crippen molar-refractivity contribution in [2.75, 3.05) is 4.72 Å². The lowest BCUT2D eigenvalue weighted by Crippen LogP contribution is -2.20. The molecular weight excluding hydrogens is 375 g/mol. The van der Waals surface area contributed by atoms with Crippen LogP contribution in [0.2, 0.25) is 0 Å². The van der Waals surface area contributed by atoms with Gasteiger partial charge in [-0.05, 0) is 46.6 Å². The van der Waals surface area contributed by atoms with Gasteiger partial charge in [0.1, 0.15) is 10.7 Å². The van der Waals surface area contributed by atoms with E-state index in [1.165, 1.54) is 29.0 Å². The molecule has 0 radical (unpaired) electrons. The maximum Gasteiger partial charge on any atom is 0.263 e. The van der Waals surface area contributed by atoms with Gasteiger partial charge in [0, 0.05) is 23.3 Å². The van der Waals surface area contributed by atoms with Gasteiger partial charge < -0.3 is 4.57 Å². The first-order valence-electron chi connectivity index (χ1n) is 6.52. The molecule has 0 spiro atoms. The highest BCUT2D eigenvalue weighted by atomic mass is 79.9. The molecule has 0 atom stereocenters. The fourth-order valence-corrected chi connectivity index (χ4v) is 4.00. The SMILES string of the molecule is CCCn1cc(NS(=O)(=O)c2ccc(F)cc2Br)ccc1=O. The maximum atomic E-state index is 13.1. The van der Waals surface area contributed by atoms with Gasteiger partial charge in [0.2, 0.25) is 0 Å². The van der Waals surface area contributed by atoms with E-state index in [2.05, 4.69) is 20.7 Å². The van der Waals surface area contributed by atoms with Crippen molar-refractivity contribution >= 4 is 31.6 Å². The summed E-state index contributed by atoms with van der Waals surface area (Å²) in [5, 5.41) is 0. The number of pyridine rings is 1. The molecule has 1 heterocycles. The zero-order valence-electron chi connectivity index (χ0n) is 11.7. The molecule has 0 bridgehead atoms. The van der Waals surface area contributed by atoms with Gasteiger partial charge in [-0.2, -0.15) is 0 Å². The molecule has 0 aliphatic heterocycles. The zero-order chi connectivity index (χ0) is 16.3. The van der Waals surface area contributed by atoms with Gasteiger partial charge in [-0.3, -0.25) is 9.52 Å². The first-order chi connectivity index (χ1) is 10.3. The molecular formula is C14H14BrFN2O3S. The van der Waals surface area contributed by atoms with E-state index in [1.54, 1.807) is 0 Å². The normalized spacial score (nSPS) is 11.4. The Balaban J connectivity index is 2.36. The molecule has 2 rings (SSSR count). The van der Waals surface area contributed by atoms with Crippen LogP contribution < -0.4 is 10.3 Å². The van der Waals surface area contributed by atoms with E-state index in [9.17, 15) is 17.6 Å². The summed E-state index contributed by atoms with van der Waals surface area (Å²) in [5.41, 5.74) is 0.0667. The summed E-state index contributed by atoms with van der Waals surface area (Å²) in [7, 11) is -3.88. The quantitative estimate of drug-likeness (QED) is 0.855. The monoisotopic (exact) mass is 388 g/mol. The Hall–Kier alpha value is -1.67. The van der Waals surface area contributed by atoms with Gasteiger partial charge in [0.15, 0.2) is 0 Å². The molecule has 1 aromatic carbocycles. The fourth-order valence-electron chi connectivity index (χ4n) is 1.91. The smallest absolute Gasteiger partial charge is 0.263 e.